The lowest BCUT2D eigenvalue weighted by atomic mass is 10.0. The fraction of sp³-hybridized carbons (Fsp3) is 0.364. The Labute approximate surface area is 160 Å². The van der Waals surface area contributed by atoms with Crippen LogP contribution in [0.4, 0.5) is 0 Å². The summed E-state index contributed by atoms with van der Waals surface area (Å²) in [5.74, 6) is 0.0973. The highest BCUT2D eigenvalue weighted by molar-refractivity contribution is 5.81. The molecule has 1 amide bonds. The van der Waals surface area contributed by atoms with Crippen LogP contribution in [0.2, 0.25) is 0 Å². The molecule has 0 heterocycles. The molecule has 1 atom stereocenters. The smallest absolute Gasteiger partial charge is 0.344 e. The summed E-state index contributed by atoms with van der Waals surface area (Å²) in [7, 11) is 0. The monoisotopic (exact) mass is 369 g/mol. The van der Waals surface area contributed by atoms with Crippen molar-refractivity contribution < 1.29 is 19.1 Å². The Hall–Kier alpha value is -2.82. The van der Waals surface area contributed by atoms with Crippen molar-refractivity contribution in [3.05, 3.63) is 65.2 Å². The number of carbonyl (C=O) groups excluding carboxylic acids is 2. The molecule has 0 aromatic heterocycles. The Kier molecular flexibility index (Phi) is 7.41. The average Bonchev–Trinajstić information content (AvgIpc) is 2.66. The van der Waals surface area contributed by atoms with E-state index in [2.05, 4.69) is 19.2 Å². The molecule has 5 heteroatoms. The van der Waals surface area contributed by atoms with Crippen LogP contribution in [0, 0.1) is 6.92 Å². The van der Waals surface area contributed by atoms with E-state index in [4.69, 9.17) is 9.47 Å². The number of hydrogen-bond donors (Lipinski definition) is 1. The summed E-state index contributed by atoms with van der Waals surface area (Å²) in [5.41, 5.74) is 3.07. The summed E-state index contributed by atoms with van der Waals surface area (Å²) in [6.45, 7) is 7.43. The maximum atomic E-state index is 12.0. The Balaban J connectivity index is 1.78. The third-order valence-electron chi connectivity index (χ3n) is 4.27. The van der Waals surface area contributed by atoms with Gasteiger partial charge in [-0.25, -0.2) is 4.79 Å². The van der Waals surface area contributed by atoms with Gasteiger partial charge < -0.3 is 14.8 Å². The van der Waals surface area contributed by atoms with Crippen molar-refractivity contribution in [2.24, 2.45) is 0 Å². The summed E-state index contributed by atoms with van der Waals surface area (Å²) < 4.78 is 10.6. The topological polar surface area (TPSA) is 64.6 Å². The number of carbonyl (C=O) groups is 2. The van der Waals surface area contributed by atoms with E-state index in [0.29, 0.717) is 11.7 Å². The van der Waals surface area contributed by atoms with Crippen LogP contribution in [0.15, 0.2) is 48.5 Å². The molecule has 2 aromatic rings. The molecule has 0 radical (unpaired) electrons. The molecule has 0 aliphatic carbocycles. The first kappa shape index (κ1) is 20.5. The minimum atomic E-state index is -0.577. The Bertz CT molecular complexity index is 771. The number of rotatable bonds is 8. The molecule has 0 saturated carbocycles. The maximum absolute atomic E-state index is 12.0. The van der Waals surface area contributed by atoms with Crippen molar-refractivity contribution in [1.29, 1.82) is 0 Å². The zero-order valence-corrected chi connectivity index (χ0v) is 16.3. The van der Waals surface area contributed by atoms with E-state index in [9.17, 15) is 9.59 Å². The summed E-state index contributed by atoms with van der Waals surface area (Å²) in [5, 5.41) is 2.80. The fourth-order valence-electron chi connectivity index (χ4n) is 2.56. The van der Waals surface area contributed by atoms with Crippen LogP contribution in [0.3, 0.4) is 0 Å². The Morgan fingerprint density at radius 3 is 2.33 bits per heavy atom. The maximum Gasteiger partial charge on any atom is 0.344 e. The van der Waals surface area contributed by atoms with Crippen LogP contribution in [0.1, 0.15) is 49.4 Å². The molecule has 0 aliphatic heterocycles. The van der Waals surface area contributed by atoms with Crippen LogP contribution < -0.4 is 10.1 Å². The van der Waals surface area contributed by atoms with Gasteiger partial charge in [0.2, 0.25) is 0 Å². The molecule has 5 nitrogen and oxygen atoms in total. The van der Waals surface area contributed by atoms with Gasteiger partial charge in [0.15, 0.2) is 13.2 Å². The van der Waals surface area contributed by atoms with Gasteiger partial charge in [0, 0.05) is 0 Å². The van der Waals surface area contributed by atoms with Crippen molar-refractivity contribution in [2.75, 3.05) is 13.2 Å². The lowest BCUT2D eigenvalue weighted by molar-refractivity contribution is -0.150. The first-order chi connectivity index (χ1) is 12.9. The third-order valence-corrected chi connectivity index (χ3v) is 4.27. The molecular weight excluding hydrogens is 342 g/mol. The molecule has 1 N–H and O–H groups in total. The second kappa shape index (κ2) is 9.76. The zero-order valence-electron chi connectivity index (χ0n) is 16.3. The average molecular weight is 369 g/mol. The quantitative estimate of drug-likeness (QED) is 0.717. The summed E-state index contributed by atoms with van der Waals surface area (Å²) in [4.78, 5) is 23.8. The van der Waals surface area contributed by atoms with E-state index in [1.165, 1.54) is 0 Å². The van der Waals surface area contributed by atoms with Gasteiger partial charge >= 0.3 is 5.97 Å². The minimum Gasteiger partial charge on any atom is -0.482 e. The highest BCUT2D eigenvalue weighted by Gasteiger charge is 2.13. The predicted octanol–water partition coefficient (Wildman–Crippen LogP) is 3.92. The normalized spacial score (nSPS) is 11.7. The number of amides is 1. The second-order valence-electron chi connectivity index (χ2n) is 6.83. The first-order valence-corrected chi connectivity index (χ1v) is 9.10. The van der Waals surface area contributed by atoms with Gasteiger partial charge in [-0.1, -0.05) is 56.3 Å². The number of nitrogens with one attached hydrogen (secondary N) is 1. The van der Waals surface area contributed by atoms with Crippen molar-refractivity contribution in [3.63, 3.8) is 0 Å². The van der Waals surface area contributed by atoms with Gasteiger partial charge in [0.05, 0.1) is 6.04 Å². The van der Waals surface area contributed by atoms with Crippen LogP contribution in [0.5, 0.6) is 5.75 Å². The summed E-state index contributed by atoms with van der Waals surface area (Å²) in [6.07, 6.45) is 0. The second-order valence-corrected chi connectivity index (χ2v) is 6.83. The fourth-order valence-corrected chi connectivity index (χ4v) is 2.56. The highest BCUT2D eigenvalue weighted by atomic mass is 16.6. The van der Waals surface area contributed by atoms with Crippen LogP contribution in [0.25, 0.3) is 0 Å². The van der Waals surface area contributed by atoms with Crippen LogP contribution >= 0.6 is 0 Å². The molecule has 0 spiro atoms. The molecule has 0 saturated heterocycles. The number of benzene rings is 2. The molecule has 0 fully saturated rings. The van der Waals surface area contributed by atoms with Gasteiger partial charge in [-0.05, 0) is 42.5 Å². The lowest BCUT2D eigenvalue weighted by Crippen LogP contribution is -2.31. The van der Waals surface area contributed by atoms with Crippen LogP contribution in [-0.2, 0) is 14.3 Å². The molecule has 2 rings (SSSR count). The highest BCUT2D eigenvalue weighted by Crippen LogP contribution is 2.24. The zero-order chi connectivity index (χ0) is 19.8. The number of esters is 1. The van der Waals surface area contributed by atoms with Crippen molar-refractivity contribution >= 4 is 11.9 Å². The van der Waals surface area contributed by atoms with E-state index in [-0.39, 0.29) is 25.2 Å². The Morgan fingerprint density at radius 2 is 1.67 bits per heavy atom. The number of hydrogen-bond acceptors (Lipinski definition) is 4. The lowest BCUT2D eigenvalue weighted by Gasteiger charge is -2.15. The van der Waals surface area contributed by atoms with E-state index < -0.39 is 5.97 Å². The van der Waals surface area contributed by atoms with Crippen LogP contribution in [-0.4, -0.2) is 25.1 Å². The van der Waals surface area contributed by atoms with Crippen molar-refractivity contribution in [2.45, 2.75) is 39.7 Å². The largest absolute Gasteiger partial charge is 0.482 e. The number of aryl methyl sites for hydroxylation is 1. The van der Waals surface area contributed by atoms with Gasteiger partial charge in [0.25, 0.3) is 5.91 Å². The summed E-state index contributed by atoms with van der Waals surface area (Å²) in [6, 6.07) is 15.4. The van der Waals surface area contributed by atoms with E-state index in [0.717, 1.165) is 16.7 Å². The van der Waals surface area contributed by atoms with E-state index >= 15 is 0 Å². The van der Waals surface area contributed by atoms with Gasteiger partial charge in [-0.15, -0.1) is 0 Å². The van der Waals surface area contributed by atoms with Gasteiger partial charge in [0.1, 0.15) is 5.75 Å². The standard InChI is InChI=1S/C22H27NO4/c1-15(2)19-11-10-16(3)20(12-19)26-14-22(25)27-13-21(24)23-17(4)18-8-6-5-7-9-18/h5-12,15,17H,13-14H2,1-4H3,(H,23,24)/t17-/m1/s1. The van der Waals surface area contributed by atoms with E-state index in [1.807, 2.05) is 62.4 Å². The summed E-state index contributed by atoms with van der Waals surface area (Å²) >= 11 is 0. The Morgan fingerprint density at radius 1 is 0.963 bits per heavy atom. The van der Waals surface area contributed by atoms with Crippen molar-refractivity contribution in [1.82, 2.24) is 5.32 Å². The molecule has 0 aliphatic rings. The molecule has 27 heavy (non-hydrogen) atoms. The molecule has 144 valence electrons. The van der Waals surface area contributed by atoms with Gasteiger partial charge in [-0.2, -0.15) is 0 Å². The molecule has 0 bridgehead atoms. The first-order valence-electron chi connectivity index (χ1n) is 9.10. The molecule has 2 aromatic carbocycles. The van der Waals surface area contributed by atoms with Crippen molar-refractivity contribution in [3.8, 4) is 5.75 Å². The van der Waals surface area contributed by atoms with E-state index in [1.54, 1.807) is 0 Å². The third kappa shape index (κ3) is 6.44. The van der Waals surface area contributed by atoms with Gasteiger partial charge in [-0.3, -0.25) is 4.79 Å². The minimum absolute atomic E-state index is 0.157. The molecular formula is C22H27NO4. The molecule has 0 unspecified atom stereocenters. The number of ether oxygens (including phenoxy) is 2. The predicted molar refractivity (Wildman–Crippen MR) is 105 cm³/mol. The SMILES string of the molecule is Cc1ccc(C(C)C)cc1OCC(=O)OCC(=O)N[C@H](C)c1ccccc1.